The molecule has 0 aromatic heterocycles. The second kappa shape index (κ2) is 15.3. The molecule has 3 heteroatoms. The molecule has 2 atom stereocenters. The smallest absolute Gasteiger partial charge is 0.0874 e. The van der Waals surface area contributed by atoms with Crippen molar-refractivity contribution in [3.8, 4) is 0 Å². The Labute approximate surface area is 138 Å². The molecule has 3 nitrogen and oxygen atoms in total. The van der Waals surface area contributed by atoms with Gasteiger partial charge in [0.25, 0.3) is 0 Å². The number of carbonyl (C=O) groups excluding carboxylic acids is 1. The van der Waals surface area contributed by atoms with Gasteiger partial charge in [-0.1, -0.05) is 46.0 Å². The summed E-state index contributed by atoms with van der Waals surface area (Å²) in [6, 6.07) is 1.01. The van der Waals surface area contributed by atoms with Crippen molar-refractivity contribution in [3.63, 3.8) is 0 Å². The van der Waals surface area contributed by atoms with Gasteiger partial charge in [0.15, 0.2) is 0 Å². The first kappa shape index (κ1) is 21.4. The molecule has 1 rings (SSSR count). The molecule has 0 saturated carbocycles. The highest BCUT2D eigenvalue weighted by atomic mass is 16.4. The first-order valence-electron chi connectivity index (χ1n) is 9.63. The fourth-order valence-corrected chi connectivity index (χ4v) is 3.41. The second-order valence-corrected chi connectivity index (χ2v) is 6.75. The first-order valence-corrected chi connectivity index (χ1v) is 9.63. The van der Waals surface area contributed by atoms with Gasteiger partial charge in [0, 0.05) is 5.97 Å². The second-order valence-electron chi connectivity index (χ2n) is 6.75. The Kier molecular flexibility index (Phi) is 14.9. The number of carbonyl (C=O) groups is 1. The van der Waals surface area contributed by atoms with Crippen molar-refractivity contribution >= 4 is 5.97 Å². The van der Waals surface area contributed by atoms with Crippen LogP contribution in [-0.4, -0.2) is 25.1 Å². The van der Waals surface area contributed by atoms with Gasteiger partial charge in [0.2, 0.25) is 0 Å². The fourth-order valence-electron chi connectivity index (χ4n) is 3.41. The van der Waals surface area contributed by atoms with E-state index >= 15 is 0 Å². The van der Waals surface area contributed by atoms with E-state index in [1.54, 1.807) is 0 Å². The molecule has 1 aliphatic rings. The summed E-state index contributed by atoms with van der Waals surface area (Å²) >= 11 is 0. The van der Waals surface area contributed by atoms with Gasteiger partial charge >= 0.3 is 0 Å². The number of nitrogens with one attached hydrogen (secondary N) is 1. The number of quaternary nitrogens is 1. The molecule has 0 bridgehead atoms. The minimum Gasteiger partial charge on any atom is -0.550 e. The first-order chi connectivity index (χ1) is 10.6. The van der Waals surface area contributed by atoms with Crippen LogP contribution < -0.4 is 10.0 Å². The zero-order valence-corrected chi connectivity index (χ0v) is 15.3. The lowest BCUT2D eigenvalue weighted by atomic mass is 9.97. The van der Waals surface area contributed by atoms with E-state index in [2.05, 4.69) is 13.8 Å². The summed E-state index contributed by atoms with van der Waals surface area (Å²) in [6.45, 7) is 8.52. The summed E-state index contributed by atoms with van der Waals surface area (Å²) in [7, 11) is 0. The maximum Gasteiger partial charge on any atom is 0.0874 e. The van der Waals surface area contributed by atoms with Gasteiger partial charge in [-0.05, 0) is 51.9 Å². The summed E-state index contributed by atoms with van der Waals surface area (Å²) in [5.74, 6) is -1.08. The molecule has 0 aromatic rings. The Morgan fingerprint density at radius 1 is 1.00 bits per heavy atom. The molecular formula is C19H39NO2. The molecule has 22 heavy (non-hydrogen) atoms. The van der Waals surface area contributed by atoms with E-state index in [9.17, 15) is 0 Å². The van der Waals surface area contributed by atoms with Crippen molar-refractivity contribution < 1.29 is 14.8 Å². The van der Waals surface area contributed by atoms with Crippen molar-refractivity contribution in [2.45, 2.75) is 104 Å². The van der Waals surface area contributed by atoms with Gasteiger partial charge in [-0.25, -0.2) is 0 Å². The lowest BCUT2D eigenvalue weighted by Gasteiger charge is -2.32. The average Bonchev–Trinajstić information content (AvgIpc) is 2.49. The third-order valence-electron chi connectivity index (χ3n) is 4.64. The monoisotopic (exact) mass is 313 g/mol. The van der Waals surface area contributed by atoms with Crippen molar-refractivity contribution in [3.05, 3.63) is 0 Å². The van der Waals surface area contributed by atoms with Gasteiger partial charge in [0.05, 0.1) is 19.1 Å². The van der Waals surface area contributed by atoms with E-state index in [4.69, 9.17) is 9.90 Å². The number of carboxylic acids is 1. The molecule has 0 spiro atoms. The fraction of sp³-hybridized carbons (Fsp3) is 0.947. The maximum absolute atomic E-state index is 8.89. The molecule has 1 fully saturated rings. The number of aliphatic carboxylic acids is 1. The van der Waals surface area contributed by atoms with Crippen LogP contribution in [0, 0.1) is 0 Å². The molecule has 1 aliphatic heterocycles. The minimum atomic E-state index is -1.08. The molecule has 0 radical (unpaired) electrons. The van der Waals surface area contributed by atoms with Crippen molar-refractivity contribution in [2.75, 3.05) is 13.1 Å². The minimum absolute atomic E-state index is 0.972. The molecule has 132 valence electrons. The van der Waals surface area contributed by atoms with E-state index in [0.29, 0.717) is 0 Å². The predicted octanol–water partition coefficient (Wildman–Crippen LogP) is 2.73. The van der Waals surface area contributed by atoms with E-state index < -0.39 is 5.97 Å². The van der Waals surface area contributed by atoms with E-state index in [1.165, 1.54) is 90.1 Å². The largest absolute Gasteiger partial charge is 0.550 e. The number of carboxylic acid groups (broad SMARTS) is 1. The zero-order chi connectivity index (χ0) is 16.6. The number of likely N-dealkylation sites (tertiary alicyclic amines) is 1. The summed E-state index contributed by atoms with van der Waals surface area (Å²) in [4.78, 5) is 10.8. The normalized spacial score (nSPS) is 21.0. The van der Waals surface area contributed by atoms with Gasteiger partial charge in [-0.3, -0.25) is 0 Å². The molecule has 2 unspecified atom stereocenters. The molecule has 0 aromatic carbocycles. The Morgan fingerprint density at radius 3 is 2.23 bits per heavy atom. The Morgan fingerprint density at radius 2 is 1.59 bits per heavy atom. The Bertz CT molecular complexity index is 252. The van der Waals surface area contributed by atoms with Crippen LogP contribution in [-0.2, 0) is 4.79 Å². The number of hydrogen-bond acceptors (Lipinski definition) is 2. The van der Waals surface area contributed by atoms with Crippen LogP contribution in [0.5, 0.6) is 0 Å². The topological polar surface area (TPSA) is 44.6 Å². The lowest BCUT2D eigenvalue weighted by Crippen LogP contribution is -3.16. The quantitative estimate of drug-likeness (QED) is 0.630. The third-order valence-corrected chi connectivity index (χ3v) is 4.64. The molecule has 1 saturated heterocycles. The van der Waals surface area contributed by atoms with Crippen molar-refractivity contribution in [1.29, 1.82) is 0 Å². The van der Waals surface area contributed by atoms with Gasteiger partial charge in [-0.2, -0.15) is 0 Å². The van der Waals surface area contributed by atoms with Crippen LogP contribution in [0.1, 0.15) is 97.8 Å². The molecular weight excluding hydrogens is 274 g/mol. The van der Waals surface area contributed by atoms with Crippen LogP contribution in [0.15, 0.2) is 0 Å². The van der Waals surface area contributed by atoms with Crippen LogP contribution >= 0.6 is 0 Å². The van der Waals surface area contributed by atoms with Crippen LogP contribution in [0.4, 0.5) is 0 Å². The van der Waals surface area contributed by atoms with Gasteiger partial charge in [0.1, 0.15) is 0 Å². The number of unbranched alkanes of at least 4 members (excludes halogenated alkanes) is 6. The van der Waals surface area contributed by atoms with Crippen molar-refractivity contribution in [1.82, 2.24) is 0 Å². The average molecular weight is 314 g/mol. The van der Waals surface area contributed by atoms with Crippen molar-refractivity contribution in [2.24, 2.45) is 0 Å². The highest BCUT2D eigenvalue weighted by Crippen LogP contribution is 2.10. The summed E-state index contributed by atoms with van der Waals surface area (Å²) in [6.07, 6.45) is 17.5. The van der Waals surface area contributed by atoms with Gasteiger partial charge in [-0.15, -0.1) is 0 Å². The summed E-state index contributed by atoms with van der Waals surface area (Å²) in [5, 5.41) is 8.89. The molecule has 0 aliphatic carbocycles. The molecule has 1 N–H and O–H groups in total. The zero-order valence-electron chi connectivity index (χ0n) is 15.3. The Hall–Kier alpha value is -0.570. The van der Waals surface area contributed by atoms with E-state index in [1.807, 2.05) is 4.90 Å². The number of rotatable bonds is 10. The summed E-state index contributed by atoms with van der Waals surface area (Å²) in [5.41, 5.74) is 0. The molecule has 0 amide bonds. The van der Waals surface area contributed by atoms with E-state index in [0.717, 1.165) is 13.0 Å². The third kappa shape index (κ3) is 13.1. The van der Waals surface area contributed by atoms with Crippen LogP contribution in [0.3, 0.4) is 0 Å². The molecule has 1 heterocycles. The summed E-state index contributed by atoms with van der Waals surface area (Å²) < 4.78 is 0. The predicted molar refractivity (Wildman–Crippen MR) is 91.9 cm³/mol. The maximum atomic E-state index is 8.89. The van der Waals surface area contributed by atoms with Gasteiger partial charge < -0.3 is 14.8 Å². The highest BCUT2D eigenvalue weighted by Gasteiger charge is 2.24. The number of hydrogen-bond donors (Lipinski definition) is 1. The Balaban J connectivity index is 0.000000980. The highest BCUT2D eigenvalue weighted by molar-refractivity contribution is 5.60. The standard InChI is InChI=1S/C17H35N.C2H4O2/c1-3-5-7-8-9-11-15-18-16-12-10-14-17(18)13-6-4-2;1-2(3)4/h17H,3-16H2,1-2H3;1H3,(H,3,4). The van der Waals surface area contributed by atoms with E-state index in [-0.39, 0.29) is 0 Å². The van der Waals surface area contributed by atoms with Crippen LogP contribution in [0.25, 0.3) is 0 Å². The van der Waals surface area contributed by atoms with Crippen LogP contribution in [0.2, 0.25) is 0 Å². The SMILES string of the molecule is CC(=O)[O-].CCCCCCCC[NH+]1CCCCC1CCCC. The lowest BCUT2D eigenvalue weighted by molar-refractivity contribution is -0.931. The number of piperidine rings is 1.